The highest BCUT2D eigenvalue weighted by Gasteiger charge is 2.49. The number of aliphatic hydroxyl groups is 1. The number of hydrogen-bond acceptors (Lipinski definition) is 7. The average molecular weight is 615 g/mol. The first-order valence-corrected chi connectivity index (χ1v) is 19.2. The van der Waals surface area contributed by atoms with Crippen LogP contribution in [0.2, 0.25) is 18.1 Å². The lowest BCUT2D eigenvalue weighted by Gasteiger charge is -2.40. The van der Waals surface area contributed by atoms with E-state index in [-0.39, 0.29) is 47.8 Å². The van der Waals surface area contributed by atoms with Crippen LogP contribution in [0.1, 0.15) is 72.1 Å². The van der Waals surface area contributed by atoms with Gasteiger partial charge in [-0.25, -0.2) is 0 Å². The van der Waals surface area contributed by atoms with Crippen LogP contribution in [-0.2, 0) is 23.4 Å². The zero-order valence-corrected chi connectivity index (χ0v) is 27.9. The van der Waals surface area contributed by atoms with Gasteiger partial charge >= 0.3 is 0 Å². The minimum Gasteiger partial charge on any atom is -0.491 e. The second kappa shape index (κ2) is 16.0. The fourth-order valence-corrected chi connectivity index (χ4v) is 7.32. The smallest absolute Gasteiger partial charge is 0.192 e. The molecule has 8 heteroatoms. The molecule has 1 N–H and O–H groups in total. The lowest BCUT2D eigenvalue weighted by atomic mass is 9.88. The Bertz CT molecular complexity index is 1020. The predicted molar refractivity (Wildman–Crippen MR) is 171 cm³/mol. The molecule has 0 spiro atoms. The highest BCUT2D eigenvalue weighted by Crippen LogP contribution is 2.46. The Kier molecular flexibility index (Phi) is 12.7. The summed E-state index contributed by atoms with van der Waals surface area (Å²) in [5.41, 5.74) is 0. The van der Waals surface area contributed by atoms with Gasteiger partial charge in [-0.3, -0.25) is 0 Å². The molecule has 0 radical (unpaired) electrons. The first-order valence-electron chi connectivity index (χ1n) is 16.3. The highest BCUT2D eigenvalue weighted by atomic mass is 28.4. The van der Waals surface area contributed by atoms with Gasteiger partial charge in [-0.2, -0.15) is 0 Å². The van der Waals surface area contributed by atoms with Crippen molar-refractivity contribution in [1.29, 1.82) is 0 Å². The van der Waals surface area contributed by atoms with E-state index in [0.717, 1.165) is 57.3 Å². The maximum absolute atomic E-state index is 10.7. The zero-order valence-electron chi connectivity index (χ0n) is 26.9. The van der Waals surface area contributed by atoms with Crippen LogP contribution in [0.3, 0.4) is 0 Å². The van der Waals surface area contributed by atoms with Gasteiger partial charge in [0.25, 0.3) is 0 Å². The first kappa shape index (κ1) is 34.2. The van der Waals surface area contributed by atoms with Crippen LogP contribution in [0.25, 0.3) is 0 Å². The molecule has 43 heavy (non-hydrogen) atoms. The summed E-state index contributed by atoms with van der Waals surface area (Å²) < 4.78 is 38.2. The van der Waals surface area contributed by atoms with E-state index in [1.54, 1.807) is 0 Å². The Balaban J connectivity index is 1.60. The Labute approximate surface area is 260 Å². The molecule has 4 rings (SSSR count). The lowest BCUT2D eigenvalue weighted by molar-refractivity contribution is -0.193. The van der Waals surface area contributed by atoms with Gasteiger partial charge in [-0.15, -0.1) is 6.42 Å². The fraction of sp³-hybridized carbons (Fsp3) is 0.714. The molecule has 2 aliphatic heterocycles. The van der Waals surface area contributed by atoms with Crippen molar-refractivity contribution in [3.63, 3.8) is 0 Å². The molecule has 7 nitrogen and oxygen atoms in total. The minimum atomic E-state index is -2.11. The molecule has 8 atom stereocenters. The monoisotopic (exact) mass is 614 g/mol. The molecule has 3 aliphatic rings. The molecule has 1 aromatic rings. The van der Waals surface area contributed by atoms with E-state index in [4.69, 9.17) is 34.5 Å². The van der Waals surface area contributed by atoms with E-state index < -0.39 is 14.4 Å². The molecular weight excluding hydrogens is 560 g/mol. The molecule has 7 unspecified atom stereocenters. The molecule has 1 aliphatic carbocycles. The van der Waals surface area contributed by atoms with Gasteiger partial charge in [0.1, 0.15) is 24.6 Å². The molecule has 0 amide bonds. The van der Waals surface area contributed by atoms with Crippen molar-refractivity contribution >= 4 is 8.32 Å². The summed E-state index contributed by atoms with van der Waals surface area (Å²) >= 11 is 0. The molecule has 1 saturated carbocycles. The van der Waals surface area contributed by atoms with E-state index in [2.05, 4.69) is 51.9 Å². The summed E-state index contributed by atoms with van der Waals surface area (Å²) in [6.07, 6.45) is 15.3. The quantitative estimate of drug-likeness (QED) is 0.148. The molecule has 2 saturated heterocycles. The second-order valence-electron chi connectivity index (χ2n) is 13.8. The zero-order chi connectivity index (χ0) is 30.9. The third-order valence-electron chi connectivity index (χ3n) is 9.44. The largest absolute Gasteiger partial charge is 0.491 e. The standard InChI is InChI=1S/C35H54O7Si/c1-7-26(36)23-30-29(20-19-28(40-33-17-11-13-21-37-33)25-39-27-15-9-8-10-16-27)31(41-34-18-12-14-22-38-34)24-32(30)42-43(5,6)35(2,3)4/h1,8-10,15-16,19-20,26,28-34,36H,11-14,17-18,21-25H2,2-6H3/t26-,28?,29?,30?,31?,32?,33?,34?/m1/s1. The van der Waals surface area contributed by atoms with Crippen molar-refractivity contribution in [3.8, 4) is 18.1 Å². The van der Waals surface area contributed by atoms with Gasteiger partial charge in [0.2, 0.25) is 0 Å². The molecule has 3 fully saturated rings. The van der Waals surface area contributed by atoms with Crippen molar-refractivity contribution in [1.82, 2.24) is 0 Å². The highest BCUT2D eigenvalue weighted by molar-refractivity contribution is 6.74. The van der Waals surface area contributed by atoms with Crippen LogP contribution in [0.15, 0.2) is 42.5 Å². The number of rotatable bonds is 13. The van der Waals surface area contributed by atoms with Gasteiger partial charge in [0.15, 0.2) is 20.9 Å². The van der Waals surface area contributed by atoms with Crippen molar-refractivity contribution in [3.05, 3.63) is 42.5 Å². The van der Waals surface area contributed by atoms with Gasteiger partial charge in [0.05, 0.1) is 12.2 Å². The number of hydrogen-bond donors (Lipinski definition) is 1. The fourth-order valence-electron chi connectivity index (χ4n) is 5.94. The van der Waals surface area contributed by atoms with E-state index in [1.807, 2.05) is 30.3 Å². The van der Waals surface area contributed by atoms with Gasteiger partial charge in [0, 0.05) is 19.1 Å². The number of aliphatic hydroxyl groups excluding tert-OH is 1. The summed E-state index contributed by atoms with van der Waals surface area (Å²) in [5.74, 6) is 3.27. The summed E-state index contributed by atoms with van der Waals surface area (Å²) in [7, 11) is -2.11. The number of benzene rings is 1. The van der Waals surface area contributed by atoms with Crippen LogP contribution in [-0.4, -0.2) is 70.2 Å². The minimum absolute atomic E-state index is 0.0216. The van der Waals surface area contributed by atoms with E-state index in [9.17, 15) is 5.11 Å². The third-order valence-corrected chi connectivity index (χ3v) is 13.9. The molecular formula is C35H54O7Si. The maximum Gasteiger partial charge on any atom is 0.192 e. The van der Waals surface area contributed by atoms with Gasteiger partial charge < -0.3 is 33.2 Å². The van der Waals surface area contributed by atoms with Gasteiger partial charge in [-0.1, -0.05) is 57.0 Å². The van der Waals surface area contributed by atoms with E-state index in [1.165, 1.54) is 0 Å². The van der Waals surface area contributed by atoms with E-state index >= 15 is 0 Å². The topological polar surface area (TPSA) is 75.6 Å². The van der Waals surface area contributed by atoms with Crippen LogP contribution in [0, 0.1) is 24.2 Å². The lowest BCUT2D eigenvalue weighted by Crippen LogP contribution is -2.45. The number of terminal acetylenes is 1. The molecule has 1 aromatic carbocycles. The first-order chi connectivity index (χ1) is 20.6. The van der Waals surface area contributed by atoms with Crippen molar-refractivity contribution < 1.29 is 33.2 Å². The van der Waals surface area contributed by atoms with Crippen LogP contribution in [0.4, 0.5) is 0 Å². The van der Waals surface area contributed by atoms with Crippen LogP contribution < -0.4 is 4.74 Å². The summed E-state index contributed by atoms with van der Waals surface area (Å²) in [4.78, 5) is 0. The predicted octanol–water partition coefficient (Wildman–Crippen LogP) is 6.86. The Morgan fingerprint density at radius 3 is 2.30 bits per heavy atom. The maximum atomic E-state index is 10.7. The number of para-hydroxylation sites is 1. The van der Waals surface area contributed by atoms with Crippen LogP contribution >= 0.6 is 0 Å². The van der Waals surface area contributed by atoms with E-state index in [0.29, 0.717) is 19.6 Å². The molecule has 240 valence electrons. The normalized spacial score (nSPS) is 30.2. The average Bonchev–Trinajstić information content (AvgIpc) is 3.29. The SMILES string of the molecule is C#C[C@@H](O)CC1C(O[Si](C)(C)C(C)(C)C)CC(OC2CCCCO2)C1C=CC(COc1ccccc1)OC1CCCCO1. The van der Waals surface area contributed by atoms with Gasteiger partial charge in [-0.05, 0) is 87.5 Å². The summed E-state index contributed by atoms with van der Waals surface area (Å²) in [6.45, 7) is 13.1. The molecule has 0 bridgehead atoms. The molecule has 0 aromatic heterocycles. The van der Waals surface area contributed by atoms with Crippen molar-refractivity contribution in [2.24, 2.45) is 11.8 Å². The Hall–Kier alpha value is -1.70. The van der Waals surface area contributed by atoms with Crippen molar-refractivity contribution in [2.75, 3.05) is 19.8 Å². The van der Waals surface area contributed by atoms with Crippen molar-refractivity contribution in [2.45, 2.75) is 127 Å². The summed E-state index contributed by atoms with van der Waals surface area (Å²) in [6, 6.07) is 9.79. The van der Waals surface area contributed by atoms with Crippen LogP contribution in [0.5, 0.6) is 5.75 Å². The second-order valence-corrected chi connectivity index (χ2v) is 18.5. The Morgan fingerprint density at radius 1 is 1.02 bits per heavy atom. The summed E-state index contributed by atoms with van der Waals surface area (Å²) in [5, 5.41) is 10.7. The number of ether oxygens (including phenoxy) is 5. The third kappa shape index (κ3) is 10.2. The molecule has 2 heterocycles. The Morgan fingerprint density at radius 2 is 1.70 bits per heavy atom.